The first kappa shape index (κ1) is 12.2. The van der Waals surface area contributed by atoms with Crippen molar-refractivity contribution in [1.82, 2.24) is 5.32 Å². The molecule has 0 bridgehead atoms. The molecule has 1 aliphatic rings. The van der Waals surface area contributed by atoms with Crippen LogP contribution in [-0.4, -0.2) is 17.7 Å². The number of amides is 1. The van der Waals surface area contributed by atoms with Crippen molar-refractivity contribution >= 4 is 17.7 Å². The Hall–Kier alpha value is -1.23. The molecule has 1 aromatic heterocycles. The molecule has 1 fully saturated rings. The quantitative estimate of drug-likeness (QED) is 0.501. The summed E-state index contributed by atoms with van der Waals surface area (Å²) in [6.07, 6.45) is 6.03. The molecule has 0 aliphatic heterocycles. The number of aromatic nitrogens is 1. The molecular formula is C12H16N2O2S. The second-order valence-electron chi connectivity index (χ2n) is 4.20. The van der Waals surface area contributed by atoms with Gasteiger partial charge < -0.3 is 10.5 Å². The van der Waals surface area contributed by atoms with Crippen molar-refractivity contribution in [2.45, 2.75) is 36.8 Å². The molecule has 1 aliphatic carbocycles. The molecule has 17 heavy (non-hydrogen) atoms. The van der Waals surface area contributed by atoms with E-state index in [-0.39, 0.29) is 5.91 Å². The van der Waals surface area contributed by atoms with Crippen LogP contribution in [0.1, 0.15) is 25.7 Å². The summed E-state index contributed by atoms with van der Waals surface area (Å²) >= 11 is 1.28. The zero-order chi connectivity index (χ0) is 12.1. The third kappa shape index (κ3) is 3.63. The van der Waals surface area contributed by atoms with E-state index in [4.69, 9.17) is 0 Å². The Kier molecular flexibility index (Phi) is 4.25. The van der Waals surface area contributed by atoms with Crippen LogP contribution in [0.25, 0.3) is 0 Å². The Bertz CT molecular complexity index is 392. The fourth-order valence-electron chi connectivity index (χ4n) is 2.00. The molecular weight excluding hydrogens is 236 g/mol. The van der Waals surface area contributed by atoms with Gasteiger partial charge in [0.25, 0.3) is 5.03 Å². The van der Waals surface area contributed by atoms with Crippen molar-refractivity contribution < 1.29 is 9.52 Å². The van der Waals surface area contributed by atoms with E-state index in [9.17, 15) is 10.0 Å². The maximum Gasteiger partial charge on any atom is 0.251 e. The minimum Gasteiger partial charge on any atom is -0.618 e. The Morgan fingerprint density at radius 1 is 1.47 bits per heavy atom. The standard InChI is InChI=1S/C12H16N2O2S/c15-11(13-10-5-1-2-6-10)9-17-12-7-3-4-8-14(12)16/h3-4,7-8,10H,1-2,5-6,9H2,(H,13,15). The van der Waals surface area contributed by atoms with E-state index >= 15 is 0 Å². The van der Waals surface area contributed by atoms with Gasteiger partial charge in [0, 0.05) is 18.2 Å². The molecule has 1 N–H and O–H groups in total. The Balaban J connectivity index is 1.77. The number of pyridine rings is 1. The van der Waals surface area contributed by atoms with Crippen LogP contribution < -0.4 is 10.0 Å². The lowest BCUT2D eigenvalue weighted by molar-refractivity contribution is -0.645. The van der Waals surface area contributed by atoms with Gasteiger partial charge in [-0.15, -0.1) is 0 Å². The first-order chi connectivity index (χ1) is 8.25. The summed E-state index contributed by atoms with van der Waals surface area (Å²) in [5.41, 5.74) is 0. The van der Waals surface area contributed by atoms with Gasteiger partial charge in [-0.2, -0.15) is 4.73 Å². The van der Waals surface area contributed by atoms with Crippen LogP contribution in [0.2, 0.25) is 0 Å². The summed E-state index contributed by atoms with van der Waals surface area (Å²) in [7, 11) is 0. The third-order valence-corrected chi connectivity index (χ3v) is 3.88. The lowest BCUT2D eigenvalue weighted by Crippen LogP contribution is -2.34. The fourth-order valence-corrected chi connectivity index (χ4v) is 2.73. The minimum absolute atomic E-state index is 0.0192. The number of nitrogens with zero attached hydrogens (tertiary/aromatic N) is 1. The monoisotopic (exact) mass is 252 g/mol. The van der Waals surface area contributed by atoms with Crippen LogP contribution in [-0.2, 0) is 4.79 Å². The second kappa shape index (κ2) is 5.91. The van der Waals surface area contributed by atoms with Crippen LogP contribution in [0.5, 0.6) is 0 Å². The van der Waals surface area contributed by atoms with Crippen LogP contribution in [0.3, 0.4) is 0 Å². The largest absolute Gasteiger partial charge is 0.618 e. The van der Waals surface area contributed by atoms with E-state index in [1.54, 1.807) is 18.2 Å². The SMILES string of the molecule is O=C(CSc1cccc[n+]1[O-])NC1CCCC1. The third-order valence-electron chi connectivity index (χ3n) is 2.86. The average molecular weight is 252 g/mol. The molecule has 5 heteroatoms. The zero-order valence-electron chi connectivity index (χ0n) is 9.59. The van der Waals surface area contributed by atoms with Crippen LogP contribution in [0.4, 0.5) is 0 Å². The van der Waals surface area contributed by atoms with E-state index in [0.29, 0.717) is 16.8 Å². The van der Waals surface area contributed by atoms with Gasteiger partial charge in [0.15, 0.2) is 6.20 Å². The zero-order valence-corrected chi connectivity index (χ0v) is 10.4. The number of carbonyl (C=O) groups is 1. The number of rotatable bonds is 4. The minimum atomic E-state index is 0.0192. The molecule has 1 saturated carbocycles. The predicted molar refractivity (Wildman–Crippen MR) is 66.5 cm³/mol. The average Bonchev–Trinajstić information content (AvgIpc) is 2.81. The predicted octanol–water partition coefficient (Wildman–Crippen LogP) is 1.47. The van der Waals surface area contributed by atoms with Crippen molar-refractivity contribution in [3.05, 3.63) is 29.6 Å². The van der Waals surface area contributed by atoms with Gasteiger partial charge in [-0.3, -0.25) is 4.79 Å². The van der Waals surface area contributed by atoms with Gasteiger partial charge in [-0.05, 0) is 30.7 Å². The molecule has 0 saturated heterocycles. The van der Waals surface area contributed by atoms with E-state index in [0.717, 1.165) is 17.6 Å². The number of hydrogen-bond acceptors (Lipinski definition) is 3. The highest BCUT2D eigenvalue weighted by molar-refractivity contribution is 7.99. The smallest absolute Gasteiger partial charge is 0.251 e. The highest BCUT2D eigenvalue weighted by Gasteiger charge is 2.17. The molecule has 0 unspecified atom stereocenters. The van der Waals surface area contributed by atoms with Gasteiger partial charge in [0.1, 0.15) is 0 Å². The van der Waals surface area contributed by atoms with Gasteiger partial charge in [-0.25, -0.2) is 0 Å². The molecule has 2 rings (SSSR count). The van der Waals surface area contributed by atoms with E-state index in [1.807, 2.05) is 0 Å². The van der Waals surface area contributed by atoms with Gasteiger partial charge in [0.2, 0.25) is 5.91 Å². The molecule has 1 heterocycles. The first-order valence-electron chi connectivity index (χ1n) is 5.86. The van der Waals surface area contributed by atoms with Crippen molar-refractivity contribution in [2.75, 3.05) is 5.75 Å². The van der Waals surface area contributed by atoms with Crippen molar-refractivity contribution in [1.29, 1.82) is 0 Å². The van der Waals surface area contributed by atoms with E-state index in [2.05, 4.69) is 5.32 Å². The molecule has 0 spiro atoms. The van der Waals surface area contributed by atoms with Gasteiger partial charge >= 0.3 is 0 Å². The number of thioether (sulfide) groups is 1. The fraction of sp³-hybridized carbons (Fsp3) is 0.500. The highest BCUT2D eigenvalue weighted by atomic mass is 32.2. The van der Waals surface area contributed by atoms with Crippen LogP contribution in [0.15, 0.2) is 29.4 Å². The molecule has 1 aromatic rings. The lowest BCUT2D eigenvalue weighted by atomic mass is 10.2. The molecule has 4 nitrogen and oxygen atoms in total. The van der Waals surface area contributed by atoms with Crippen LogP contribution >= 0.6 is 11.8 Å². The Morgan fingerprint density at radius 3 is 2.94 bits per heavy atom. The second-order valence-corrected chi connectivity index (χ2v) is 5.20. The van der Waals surface area contributed by atoms with Crippen molar-refractivity contribution in [3.8, 4) is 0 Å². The van der Waals surface area contributed by atoms with Crippen molar-refractivity contribution in [3.63, 3.8) is 0 Å². The summed E-state index contributed by atoms with van der Waals surface area (Å²) in [5, 5.41) is 14.9. The van der Waals surface area contributed by atoms with E-state index in [1.165, 1.54) is 30.8 Å². The molecule has 1 amide bonds. The maximum atomic E-state index is 11.6. The van der Waals surface area contributed by atoms with E-state index < -0.39 is 0 Å². The molecule has 0 aromatic carbocycles. The summed E-state index contributed by atoms with van der Waals surface area (Å²) in [6.45, 7) is 0. The molecule has 92 valence electrons. The number of hydrogen-bond donors (Lipinski definition) is 1. The van der Waals surface area contributed by atoms with Crippen LogP contribution in [0, 0.1) is 5.21 Å². The summed E-state index contributed by atoms with van der Waals surface area (Å²) in [6, 6.07) is 5.54. The topological polar surface area (TPSA) is 56.0 Å². The molecule has 0 atom stereocenters. The normalized spacial score (nSPS) is 16.0. The Morgan fingerprint density at radius 2 is 2.24 bits per heavy atom. The van der Waals surface area contributed by atoms with Gasteiger partial charge in [0.05, 0.1) is 5.75 Å². The highest BCUT2D eigenvalue weighted by Crippen LogP contribution is 2.18. The Labute approximate surface area is 105 Å². The maximum absolute atomic E-state index is 11.6. The number of carbonyl (C=O) groups excluding carboxylic acids is 1. The lowest BCUT2D eigenvalue weighted by Gasteiger charge is -2.11. The number of nitrogens with one attached hydrogen (secondary N) is 1. The summed E-state index contributed by atoms with van der Waals surface area (Å²) in [4.78, 5) is 11.6. The van der Waals surface area contributed by atoms with Crippen molar-refractivity contribution in [2.24, 2.45) is 0 Å². The first-order valence-corrected chi connectivity index (χ1v) is 6.84. The molecule has 0 radical (unpaired) electrons. The summed E-state index contributed by atoms with van der Waals surface area (Å²) < 4.78 is 0.785. The summed E-state index contributed by atoms with van der Waals surface area (Å²) in [5.74, 6) is 0.328. The van der Waals surface area contributed by atoms with Gasteiger partial charge in [-0.1, -0.05) is 12.8 Å².